The fraction of sp³-hybridized carbons (Fsp3) is 0.462. The largest absolute Gasteiger partial charge is 0.482 e. The summed E-state index contributed by atoms with van der Waals surface area (Å²) >= 11 is 3.19. The molecular weight excluding hydrogens is 536 g/mol. The summed E-state index contributed by atoms with van der Waals surface area (Å²) in [5, 5.41) is 14.2. The van der Waals surface area contributed by atoms with Gasteiger partial charge >= 0.3 is 12.0 Å². The predicted molar refractivity (Wildman–Crippen MR) is 140 cm³/mol. The Hall–Kier alpha value is -2.88. The lowest BCUT2D eigenvalue weighted by atomic mass is 9.84. The number of urea groups is 1. The maximum atomic E-state index is 14.5. The summed E-state index contributed by atoms with van der Waals surface area (Å²) in [6, 6.07) is 8.64. The summed E-state index contributed by atoms with van der Waals surface area (Å²) in [5.41, 5.74) is -0.110. The highest BCUT2D eigenvalue weighted by Gasteiger charge is 2.34. The van der Waals surface area contributed by atoms with Crippen LogP contribution in [0, 0.1) is 11.7 Å². The van der Waals surface area contributed by atoms with Crippen molar-refractivity contribution in [2.24, 2.45) is 5.92 Å². The Bertz CT molecular complexity index is 1090. The summed E-state index contributed by atoms with van der Waals surface area (Å²) in [6.45, 7) is 5.91. The highest BCUT2D eigenvalue weighted by molar-refractivity contribution is 9.10. The predicted octanol–water partition coefficient (Wildman–Crippen LogP) is 6.83. The molecule has 3 rings (SSSR count). The van der Waals surface area contributed by atoms with E-state index in [0.29, 0.717) is 48.1 Å². The van der Waals surface area contributed by atoms with E-state index in [1.807, 2.05) is 0 Å². The van der Waals surface area contributed by atoms with Crippen LogP contribution >= 0.6 is 15.9 Å². The number of hydrogen-bond donors (Lipinski definition) is 3. The Morgan fingerprint density at radius 2 is 1.83 bits per heavy atom. The van der Waals surface area contributed by atoms with Crippen LogP contribution in [0.1, 0.15) is 46.5 Å². The molecule has 0 bridgehead atoms. The minimum Gasteiger partial charge on any atom is -0.482 e. The van der Waals surface area contributed by atoms with Gasteiger partial charge in [0.2, 0.25) is 0 Å². The van der Waals surface area contributed by atoms with E-state index in [1.54, 1.807) is 31.2 Å². The molecule has 1 aliphatic carbocycles. The average Bonchev–Trinajstić information content (AvgIpc) is 2.78. The SMILES string of the molecule is CC(C)CN(c1ccc(OCC(=O)O)cc1NC(=O)Nc1ccc(Br)cc1F)C1CCC(C)(F)CC1. The molecule has 0 atom stereocenters. The van der Waals surface area contributed by atoms with E-state index < -0.39 is 30.1 Å². The average molecular weight is 568 g/mol. The van der Waals surface area contributed by atoms with Gasteiger partial charge in [-0.3, -0.25) is 0 Å². The number of amides is 2. The van der Waals surface area contributed by atoms with Crippen molar-refractivity contribution in [1.82, 2.24) is 0 Å². The van der Waals surface area contributed by atoms with Crippen LogP contribution in [0.5, 0.6) is 5.75 Å². The zero-order valence-electron chi connectivity index (χ0n) is 20.6. The molecule has 0 saturated heterocycles. The number of rotatable bonds is 9. The number of aliphatic carboxylic acids is 1. The van der Waals surface area contributed by atoms with E-state index in [4.69, 9.17) is 9.84 Å². The second-order valence-electron chi connectivity index (χ2n) is 9.76. The molecule has 0 spiro atoms. The van der Waals surface area contributed by atoms with Gasteiger partial charge in [-0.1, -0.05) is 29.8 Å². The third-order valence-electron chi connectivity index (χ3n) is 6.07. The highest BCUT2D eigenvalue weighted by atomic mass is 79.9. The van der Waals surface area contributed by atoms with Crippen molar-refractivity contribution < 1.29 is 28.2 Å². The van der Waals surface area contributed by atoms with Crippen LogP contribution < -0.4 is 20.3 Å². The van der Waals surface area contributed by atoms with Crippen LogP contribution in [0.15, 0.2) is 40.9 Å². The van der Waals surface area contributed by atoms with Gasteiger partial charge in [-0.25, -0.2) is 18.4 Å². The number of carboxylic acids is 1. The maximum Gasteiger partial charge on any atom is 0.341 e. The second-order valence-corrected chi connectivity index (χ2v) is 10.7. The Morgan fingerprint density at radius 1 is 1.17 bits per heavy atom. The lowest BCUT2D eigenvalue weighted by molar-refractivity contribution is -0.139. The summed E-state index contributed by atoms with van der Waals surface area (Å²) in [4.78, 5) is 26.0. The van der Waals surface area contributed by atoms with Gasteiger partial charge in [0, 0.05) is 23.1 Å². The Kier molecular flexibility index (Phi) is 9.16. The van der Waals surface area contributed by atoms with E-state index >= 15 is 0 Å². The maximum absolute atomic E-state index is 14.5. The molecule has 3 N–H and O–H groups in total. The summed E-state index contributed by atoms with van der Waals surface area (Å²) < 4.78 is 34.6. The number of hydrogen-bond acceptors (Lipinski definition) is 4. The molecule has 1 saturated carbocycles. The summed E-state index contributed by atoms with van der Waals surface area (Å²) in [7, 11) is 0. The molecule has 7 nitrogen and oxygen atoms in total. The zero-order valence-corrected chi connectivity index (χ0v) is 22.2. The van der Waals surface area contributed by atoms with Crippen LogP contribution in [0.3, 0.4) is 0 Å². The van der Waals surface area contributed by atoms with Crippen molar-refractivity contribution in [2.45, 2.75) is 58.2 Å². The molecule has 196 valence electrons. The van der Waals surface area contributed by atoms with Crippen molar-refractivity contribution in [3.8, 4) is 5.75 Å². The van der Waals surface area contributed by atoms with Gasteiger partial charge in [0.1, 0.15) is 17.2 Å². The number of carboxylic acid groups (broad SMARTS) is 1. The molecule has 0 aromatic heterocycles. The van der Waals surface area contributed by atoms with Crippen LogP contribution in [0.2, 0.25) is 0 Å². The first-order valence-corrected chi connectivity index (χ1v) is 12.7. The fourth-order valence-corrected chi connectivity index (χ4v) is 4.65. The molecular formula is C26H32BrF2N3O4. The third kappa shape index (κ3) is 7.81. The van der Waals surface area contributed by atoms with Gasteiger partial charge in [-0.15, -0.1) is 0 Å². The van der Waals surface area contributed by atoms with Gasteiger partial charge in [-0.2, -0.15) is 0 Å². The van der Waals surface area contributed by atoms with Crippen LogP contribution in [0.4, 0.5) is 30.6 Å². The van der Waals surface area contributed by atoms with Gasteiger partial charge in [0.15, 0.2) is 6.61 Å². The van der Waals surface area contributed by atoms with E-state index in [9.17, 15) is 18.4 Å². The molecule has 2 aromatic rings. The molecule has 10 heteroatoms. The van der Waals surface area contributed by atoms with Crippen molar-refractivity contribution in [1.29, 1.82) is 0 Å². The van der Waals surface area contributed by atoms with Gasteiger partial charge < -0.3 is 25.4 Å². The Morgan fingerprint density at radius 3 is 2.44 bits per heavy atom. The number of nitrogens with zero attached hydrogens (tertiary/aromatic N) is 1. The van der Waals surface area contributed by atoms with E-state index in [0.717, 1.165) is 0 Å². The first kappa shape index (κ1) is 27.7. The number of ether oxygens (including phenoxy) is 1. The van der Waals surface area contributed by atoms with Crippen molar-refractivity contribution in [3.63, 3.8) is 0 Å². The molecule has 36 heavy (non-hydrogen) atoms. The van der Waals surface area contributed by atoms with Crippen LogP contribution in [0.25, 0.3) is 0 Å². The molecule has 0 unspecified atom stereocenters. The number of nitrogens with one attached hydrogen (secondary N) is 2. The second kappa shape index (κ2) is 11.9. The molecule has 0 radical (unpaired) electrons. The number of halogens is 3. The number of benzene rings is 2. The highest BCUT2D eigenvalue weighted by Crippen LogP contribution is 2.39. The normalized spacial score (nSPS) is 19.6. The third-order valence-corrected chi connectivity index (χ3v) is 6.56. The van der Waals surface area contributed by atoms with Crippen LogP contribution in [-0.2, 0) is 4.79 Å². The molecule has 1 fully saturated rings. The Balaban J connectivity index is 1.91. The van der Waals surface area contributed by atoms with E-state index in [1.165, 1.54) is 12.1 Å². The van der Waals surface area contributed by atoms with E-state index in [-0.39, 0.29) is 23.4 Å². The molecule has 2 amide bonds. The molecule has 1 aliphatic rings. The number of carbonyl (C=O) groups is 2. The van der Waals surface area contributed by atoms with Gasteiger partial charge in [0.05, 0.1) is 17.1 Å². The zero-order chi connectivity index (χ0) is 26.5. The monoisotopic (exact) mass is 567 g/mol. The minimum atomic E-state index is -1.19. The number of carbonyl (C=O) groups excluding carboxylic acids is 1. The fourth-order valence-electron chi connectivity index (χ4n) is 4.32. The quantitative estimate of drug-likeness (QED) is 0.309. The van der Waals surface area contributed by atoms with Crippen molar-refractivity contribution in [2.75, 3.05) is 28.7 Å². The Labute approximate surface area is 218 Å². The van der Waals surface area contributed by atoms with Crippen LogP contribution in [-0.4, -0.2) is 42.0 Å². The first-order chi connectivity index (χ1) is 16.9. The smallest absolute Gasteiger partial charge is 0.341 e. The summed E-state index contributed by atoms with van der Waals surface area (Å²) in [6.07, 6.45) is 2.20. The van der Waals surface area contributed by atoms with E-state index in [2.05, 4.69) is 45.3 Å². The molecule has 2 aromatic carbocycles. The molecule has 0 aliphatic heterocycles. The molecule has 0 heterocycles. The topological polar surface area (TPSA) is 90.9 Å². The standard InChI is InChI=1S/C26H32BrF2N3O4/c1-16(2)14-32(18-8-10-26(3,29)11-9-18)23-7-5-19(36-15-24(33)34)13-22(23)31-25(35)30-21-6-4-17(27)12-20(21)28/h4-7,12-13,16,18H,8-11,14-15H2,1-3H3,(H,33,34)(H2,30,31,35). The lowest BCUT2D eigenvalue weighted by Gasteiger charge is -2.41. The number of alkyl halides is 1. The van der Waals surface area contributed by atoms with Crippen molar-refractivity contribution >= 4 is 45.0 Å². The number of anilines is 3. The van der Waals surface area contributed by atoms with Gasteiger partial charge in [-0.05, 0) is 68.9 Å². The van der Waals surface area contributed by atoms with Gasteiger partial charge in [0.25, 0.3) is 0 Å². The van der Waals surface area contributed by atoms with Crippen molar-refractivity contribution in [3.05, 3.63) is 46.7 Å². The first-order valence-electron chi connectivity index (χ1n) is 11.9. The lowest BCUT2D eigenvalue weighted by Crippen LogP contribution is -2.43. The summed E-state index contributed by atoms with van der Waals surface area (Å²) in [5.74, 6) is -1.19. The minimum absolute atomic E-state index is 0.00378.